The van der Waals surface area contributed by atoms with E-state index in [2.05, 4.69) is 11.9 Å². The van der Waals surface area contributed by atoms with E-state index >= 15 is 0 Å². The highest BCUT2D eigenvalue weighted by molar-refractivity contribution is 7.99. The molecule has 0 fully saturated rings. The number of benzene rings is 2. The molecule has 27 heavy (non-hydrogen) atoms. The number of ether oxygens (including phenoxy) is 1. The molecule has 7 heteroatoms. The maximum Gasteiger partial charge on any atom is 0.422 e. The lowest BCUT2D eigenvalue weighted by molar-refractivity contribution is -0.153. The first-order valence-electron chi connectivity index (χ1n) is 8.51. The van der Waals surface area contributed by atoms with Crippen LogP contribution in [-0.2, 0) is 0 Å². The summed E-state index contributed by atoms with van der Waals surface area (Å²) in [5.74, 6) is 0.204. The fourth-order valence-electron chi connectivity index (χ4n) is 2.19. The van der Waals surface area contributed by atoms with Gasteiger partial charge in [0.15, 0.2) is 6.61 Å². The van der Waals surface area contributed by atoms with Crippen LogP contribution in [0.4, 0.5) is 18.9 Å². The predicted octanol–water partition coefficient (Wildman–Crippen LogP) is 6.01. The molecular formula is C20H23F3N2OS. The molecule has 0 aliphatic heterocycles. The second-order valence-corrected chi connectivity index (χ2v) is 7.32. The van der Waals surface area contributed by atoms with Gasteiger partial charge in [-0.05, 0) is 62.2 Å². The minimum atomic E-state index is -4.35. The molecule has 3 nitrogen and oxygen atoms in total. The molecule has 146 valence electrons. The summed E-state index contributed by atoms with van der Waals surface area (Å²) in [5, 5.41) is 0. The zero-order valence-electron chi connectivity index (χ0n) is 15.8. The summed E-state index contributed by atoms with van der Waals surface area (Å²) in [6, 6.07) is 10.7. The number of aryl methyl sites for hydroxylation is 2. The van der Waals surface area contributed by atoms with Crippen molar-refractivity contribution in [2.45, 2.75) is 36.7 Å². The summed E-state index contributed by atoms with van der Waals surface area (Å²) in [5.41, 5.74) is 2.99. The van der Waals surface area contributed by atoms with Crippen LogP contribution in [0.2, 0.25) is 0 Å². The van der Waals surface area contributed by atoms with Crippen molar-refractivity contribution in [3.8, 4) is 5.75 Å². The lowest BCUT2D eigenvalue weighted by Crippen LogP contribution is -2.19. The molecule has 0 heterocycles. The Morgan fingerprint density at radius 2 is 1.89 bits per heavy atom. The first-order valence-corrected chi connectivity index (χ1v) is 9.32. The third kappa shape index (κ3) is 6.82. The highest BCUT2D eigenvalue weighted by atomic mass is 32.2. The SMILES string of the molecule is CCN(C)C=Nc1cc(C)c(Sc2cccc(OCC(F)(F)F)c2)cc1C. The fraction of sp³-hybridized carbons (Fsp3) is 0.350. The number of rotatable bonds is 7. The van der Waals surface area contributed by atoms with Gasteiger partial charge in [-0.1, -0.05) is 17.8 Å². The van der Waals surface area contributed by atoms with Gasteiger partial charge in [0, 0.05) is 23.4 Å². The normalized spacial score (nSPS) is 11.8. The molecule has 0 bridgehead atoms. The van der Waals surface area contributed by atoms with Gasteiger partial charge in [0.1, 0.15) is 5.75 Å². The van der Waals surface area contributed by atoms with Gasteiger partial charge in [-0.15, -0.1) is 0 Å². The monoisotopic (exact) mass is 396 g/mol. The van der Waals surface area contributed by atoms with Crippen LogP contribution in [0.1, 0.15) is 18.1 Å². The van der Waals surface area contributed by atoms with Crippen LogP contribution in [0.15, 0.2) is 51.2 Å². The van der Waals surface area contributed by atoms with Crippen molar-refractivity contribution in [1.29, 1.82) is 0 Å². The number of aliphatic imine (C=N–C) groups is 1. The van der Waals surface area contributed by atoms with E-state index in [1.54, 1.807) is 18.5 Å². The number of hydrogen-bond acceptors (Lipinski definition) is 3. The van der Waals surface area contributed by atoms with Crippen molar-refractivity contribution in [2.75, 3.05) is 20.2 Å². The van der Waals surface area contributed by atoms with Gasteiger partial charge in [0.2, 0.25) is 0 Å². The molecule has 0 unspecified atom stereocenters. The number of alkyl halides is 3. The third-order valence-electron chi connectivity index (χ3n) is 3.82. The largest absolute Gasteiger partial charge is 0.484 e. The van der Waals surface area contributed by atoms with Crippen LogP contribution in [-0.4, -0.2) is 37.6 Å². The lowest BCUT2D eigenvalue weighted by Gasteiger charge is -2.13. The zero-order chi connectivity index (χ0) is 20.0. The van der Waals surface area contributed by atoms with Gasteiger partial charge < -0.3 is 9.64 Å². The van der Waals surface area contributed by atoms with E-state index in [0.717, 1.165) is 33.2 Å². The van der Waals surface area contributed by atoms with Crippen LogP contribution in [0.5, 0.6) is 5.75 Å². The van der Waals surface area contributed by atoms with Crippen molar-refractivity contribution < 1.29 is 17.9 Å². The first-order chi connectivity index (χ1) is 12.7. The van der Waals surface area contributed by atoms with Crippen LogP contribution in [0.3, 0.4) is 0 Å². The Kier molecular flexibility index (Phi) is 7.18. The summed E-state index contributed by atoms with van der Waals surface area (Å²) >= 11 is 1.49. The molecule has 0 saturated carbocycles. The second kappa shape index (κ2) is 9.17. The van der Waals surface area contributed by atoms with E-state index in [1.165, 1.54) is 17.8 Å². The van der Waals surface area contributed by atoms with Gasteiger partial charge in [-0.3, -0.25) is 0 Å². The molecule has 0 aliphatic rings. The Hall–Kier alpha value is -2.15. The first kappa shape index (κ1) is 21.2. The minimum Gasteiger partial charge on any atom is -0.484 e. The molecule has 0 aromatic heterocycles. The lowest BCUT2D eigenvalue weighted by atomic mass is 10.1. The van der Waals surface area contributed by atoms with E-state index in [4.69, 9.17) is 4.74 Å². The average Bonchev–Trinajstić information content (AvgIpc) is 2.61. The summed E-state index contributed by atoms with van der Waals surface area (Å²) in [4.78, 5) is 8.35. The number of nitrogens with zero attached hydrogens (tertiary/aromatic N) is 2. The maximum atomic E-state index is 12.3. The predicted molar refractivity (Wildman–Crippen MR) is 104 cm³/mol. The Morgan fingerprint density at radius 1 is 1.15 bits per heavy atom. The van der Waals surface area contributed by atoms with Crippen molar-refractivity contribution in [2.24, 2.45) is 4.99 Å². The van der Waals surface area contributed by atoms with E-state index in [9.17, 15) is 13.2 Å². The van der Waals surface area contributed by atoms with Crippen LogP contribution in [0, 0.1) is 13.8 Å². The Labute approximate surface area is 162 Å². The van der Waals surface area contributed by atoms with Gasteiger partial charge in [0.05, 0.1) is 12.0 Å². The quantitative estimate of drug-likeness (QED) is 0.423. The van der Waals surface area contributed by atoms with Crippen molar-refractivity contribution in [1.82, 2.24) is 4.90 Å². The number of halogens is 3. The third-order valence-corrected chi connectivity index (χ3v) is 4.97. The molecule has 2 aromatic carbocycles. The molecule has 0 atom stereocenters. The van der Waals surface area contributed by atoms with Gasteiger partial charge in [-0.25, -0.2) is 4.99 Å². The highest BCUT2D eigenvalue weighted by Crippen LogP contribution is 2.35. The van der Waals surface area contributed by atoms with Crippen molar-refractivity contribution >= 4 is 23.8 Å². The fourth-order valence-corrected chi connectivity index (χ4v) is 3.22. The smallest absolute Gasteiger partial charge is 0.422 e. The minimum absolute atomic E-state index is 0.204. The molecule has 0 N–H and O–H groups in total. The molecule has 2 rings (SSSR count). The van der Waals surface area contributed by atoms with Crippen LogP contribution >= 0.6 is 11.8 Å². The summed E-state index contributed by atoms with van der Waals surface area (Å²) < 4.78 is 41.8. The van der Waals surface area contributed by atoms with Crippen LogP contribution in [0.25, 0.3) is 0 Å². The molecule has 0 saturated heterocycles. The van der Waals surface area contributed by atoms with E-state index in [0.29, 0.717) is 0 Å². The second-order valence-electron chi connectivity index (χ2n) is 6.20. The summed E-state index contributed by atoms with van der Waals surface area (Å²) in [6.07, 6.45) is -2.55. The van der Waals surface area contributed by atoms with Gasteiger partial charge in [-0.2, -0.15) is 13.2 Å². The van der Waals surface area contributed by atoms with E-state index in [-0.39, 0.29) is 5.75 Å². The van der Waals surface area contributed by atoms with Gasteiger partial charge in [0.25, 0.3) is 0 Å². The van der Waals surface area contributed by atoms with Gasteiger partial charge >= 0.3 is 6.18 Å². The van der Waals surface area contributed by atoms with Crippen LogP contribution < -0.4 is 4.74 Å². The Morgan fingerprint density at radius 3 is 2.56 bits per heavy atom. The molecule has 2 aromatic rings. The summed E-state index contributed by atoms with van der Waals surface area (Å²) in [6.45, 7) is 5.62. The molecule has 0 spiro atoms. The highest BCUT2D eigenvalue weighted by Gasteiger charge is 2.28. The Bertz CT molecular complexity index is 806. The molecule has 0 radical (unpaired) electrons. The van der Waals surface area contributed by atoms with Crippen molar-refractivity contribution in [3.05, 3.63) is 47.5 Å². The average molecular weight is 396 g/mol. The zero-order valence-corrected chi connectivity index (χ0v) is 16.6. The molecule has 0 aliphatic carbocycles. The molecular weight excluding hydrogens is 373 g/mol. The number of hydrogen-bond donors (Lipinski definition) is 0. The maximum absolute atomic E-state index is 12.3. The van der Waals surface area contributed by atoms with E-state index in [1.807, 2.05) is 44.0 Å². The topological polar surface area (TPSA) is 24.8 Å². The van der Waals surface area contributed by atoms with Crippen molar-refractivity contribution in [3.63, 3.8) is 0 Å². The molecule has 0 amide bonds. The summed E-state index contributed by atoms with van der Waals surface area (Å²) in [7, 11) is 1.96. The van der Waals surface area contributed by atoms with E-state index < -0.39 is 12.8 Å². The Balaban J connectivity index is 2.15. The standard InChI is InChI=1S/C20H23F3N2OS/c1-5-25(4)13-24-18-9-15(3)19(10-14(18)2)27-17-8-6-7-16(11-17)26-12-20(21,22)23/h6-11,13H,5,12H2,1-4H3.